The van der Waals surface area contributed by atoms with Gasteiger partial charge in [-0.1, -0.05) is 78.9 Å². The highest BCUT2D eigenvalue weighted by molar-refractivity contribution is 5.85. The van der Waals surface area contributed by atoms with Gasteiger partial charge in [0.05, 0.1) is 13.0 Å². The molecule has 0 heterocycles. The van der Waals surface area contributed by atoms with Crippen molar-refractivity contribution in [2.75, 3.05) is 13.2 Å². The zero-order chi connectivity index (χ0) is 21.6. The Bertz CT molecular complexity index is 1030. The zero-order valence-corrected chi connectivity index (χ0v) is 18.3. The van der Waals surface area contributed by atoms with E-state index in [9.17, 15) is 9.59 Å². The SMILES string of the molecule is Cl.NN(CCC(=O)OCc1ccccc1)C(=O)OCC1c2ccccc2-c2ccccc21. The number of rotatable bonds is 7. The molecule has 1 amide bonds. The van der Waals surface area contributed by atoms with Gasteiger partial charge >= 0.3 is 12.1 Å². The molecule has 0 saturated carbocycles. The minimum absolute atomic E-state index is 0. The smallest absolute Gasteiger partial charge is 0.424 e. The minimum Gasteiger partial charge on any atom is -0.461 e. The van der Waals surface area contributed by atoms with Gasteiger partial charge in [-0.3, -0.25) is 4.79 Å². The van der Waals surface area contributed by atoms with E-state index in [1.807, 2.05) is 54.6 Å². The first kappa shape index (κ1) is 23.3. The monoisotopic (exact) mass is 452 g/mol. The van der Waals surface area contributed by atoms with E-state index in [4.69, 9.17) is 15.3 Å². The van der Waals surface area contributed by atoms with E-state index in [1.54, 1.807) is 0 Å². The molecule has 0 fully saturated rings. The molecule has 0 spiro atoms. The summed E-state index contributed by atoms with van der Waals surface area (Å²) in [5, 5.41) is 0.913. The second kappa shape index (κ2) is 10.8. The highest BCUT2D eigenvalue weighted by Gasteiger charge is 2.29. The fourth-order valence-electron chi connectivity index (χ4n) is 3.79. The summed E-state index contributed by atoms with van der Waals surface area (Å²) in [7, 11) is 0. The highest BCUT2D eigenvalue weighted by Crippen LogP contribution is 2.44. The van der Waals surface area contributed by atoms with Crippen LogP contribution >= 0.6 is 12.4 Å². The molecule has 1 aliphatic carbocycles. The lowest BCUT2D eigenvalue weighted by Crippen LogP contribution is -2.40. The second-order valence-electron chi connectivity index (χ2n) is 7.39. The van der Waals surface area contributed by atoms with Gasteiger partial charge in [-0.25, -0.2) is 15.6 Å². The molecule has 0 atom stereocenters. The van der Waals surface area contributed by atoms with Gasteiger partial charge in [0.25, 0.3) is 0 Å². The lowest BCUT2D eigenvalue weighted by atomic mass is 9.98. The summed E-state index contributed by atoms with van der Waals surface area (Å²) in [5.74, 6) is 5.33. The van der Waals surface area contributed by atoms with E-state index >= 15 is 0 Å². The van der Waals surface area contributed by atoms with Crippen molar-refractivity contribution >= 4 is 24.5 Å². The molecule has 0 aromatic heterocycles. The number of hydrogen-bond donors (Lipinski definition) is 1. The second-order valence-corrected chi connectivity index (χ2v) is 7.39. The van der Waals surface area contributed by atoms with Crippen molar-refractivity contribution in [3.05, 3.63) is 95.6 Å². The Kier molecular flexibility index (Phi) is 7.87. The summed E-state index contributed by atoms with van der Waals surface area (Å²) in [4.78, 5) is 24.3. The fourth-order valence-corrected chi connectivity index (χ4v) is 3.79. The molecule has 166 valence electrons. The Labute approximate surface area is 193 Å². The third-order valence-corrected chi connectivity index (χ3v) is 5.37. The number of halogens is 1. The number of hydrogen-bond acceptors (Lipinski definition) is 5. The largest absolute Gasteiger partial charge is 0.461 e. The quantitative estimate of drug-likeness (QED) is 0.244. The topological polar surface area (TPSA) is 81.9 Å². The van der Waals surface area contributed by atoms with Crippen molar-refractivity contribution in [1.82, 2.24) is 5.01 Å². The van der Waals surface area contributed by atoms with E-state index in [0.29, 0.717) is 0 Å². The predicted octanol–water partition coefficient (Wildman–Crippen LogP) is 4.67. The first-order valence-corrected chi connectivity index (χ1v) is 10.2. The number of esters is 1. The van der Waals surface area contributed by atoms with Crippen LogP contribution in [0.25, 0.3) is 11.1 Å². The summed E-state index contributed by atoms with van der Waals surface area (Å²) in [6, 6.07) is 25.6. The third kappa shape index (κ3) is 5.28. The first-order chi connectivity index (χ1) is 15.1. The van der Waals surface area contributed by atoms with Crippen molar-refractivity contribution in [1.29, 1.82) is 0 Å². The molecular formula is C25H25ClN2O4. The summed E-state index contributed by atoms with van der Waals surface area (Å²) >= 11 is 0. The van der Waals surface area contributed by atoms with Gasteiger partial charge in [0.1, 0.15) is 13.2 Å². The Balaban J connectivity index is 0.00000289. The molecule has 0 aliphatic heterocycles. The Hall–Kier alpha value is -3.35. The normalized spacial score (nSPS) is 11.7. The maximum absolute atomic E-state index is 12.3. The number of benzene rings is 3. The van der Waals surface area contributed by atoms with Gasteiger partial charge in [-0.2, -0.15) is 0 Å². The summed E-state index contributed by atoms with van der Waals surface area (Å²) in [5.41, 5.74) is 5.47. The first-order valence-electron chi connectivity index (χ1n) is 10.2. The molecule has 3 aromatic rings. The standard InChI is InChI=1S/C25H24N2O4.ClH/c26-27(15-14-24(28)30-16-18-8-2-1-3-9-18)25(29)31-17-23-21-12-6-4-10-19(21)20-11-5-7-13-22(20)23;/h1-13,23H,14-17,26H2;1H. The molecule has 0 radical (unpaired) electrons. The molecule has 1 aliphatic rings. The molecule has 2 N–H and O–H groups in total. The van der Waals surface area contributed by atoms with Gasteiger partial charge in [0.2, 0.25) is 0 Å². The van der Waals surface area contributed by atoms with E-state index in [0.717, 1.165) is 32.8 Å². The van der Waals surface area contributed by atoms with Gasteiger partial charge in [-0.05, 0) is 27.8 Å². The van der Waals surface area contributed by atoms with Gasteiger partial charge < -0.3 is 9.47 Å². The van der Waals surface area contributed by atoms with E-state index in [-0.39, 0.29) is 44.5 Å². The van der Waals surface area contributed by atoms with Crippen LogP contribution in [0, 0.1) is 0 Å². The van der Waals surface area contributed by atoms with Crippen LogP contribution in [-0.2, 0) is 20.9 Å². The van der Waals surface area contributed by atoms with E-state index < -0.39 is 12.1 Å². The number of hydrazine groups is 1. The molecule has 0 bridgehead atoms. The molecule has 0 saturated heterocycles. The summed E-state index contributed by atoms with van der Waals surface area (Å²) in [6.45, 7) is 0.387. The number of carbonyl (C=O) groups excluding carboxylic acids is 2. The molecule has 6 nitrogen and oxygen atoms in total. The third-order valence-electron chi connectivity index (χ3n) is 5.37. The maximum Gasteiger partial charge on any atom is 0.424 e. The highest BCUT2D eigenvalue weighted by atomic mass is 35.5. The van der Waals surface area contributed by atoms with Crippen LogP contribution in [0.1, 0.15) is 29.0 Å². The summed E-state index contributed by atoms with van der Waals surface area (Å²) < 4.78 is 10.7. The van der Waals surface area contributed by atoms with Crippen molar-refractivity contribution in [2.24, 2.45) is 5.84 Å². The number of fused-ring (bicyclic) bond motifs is 3. The number of nitrogens with zero attached hydrogens (tertiary/aromatic N) is 1. The van der Waals surface area contributed by atoms with Crippen molar-refractivity contribution < 1.29 is 19.1 Å². The van der Waals surface area contributed by atoms with Gasteiger partial charge in [-0.15, -0.1) is 12.4 Å². The number of amides is 1. The molecular weight excluding hydrogens is 428 g/mol. The maximum atomic E-state index is 12.3. The average Bonchev–Trinajstić information content (AvgIpc) is 3.14. The fraction of sp³-hybridized carbons (Fsp3) is 0.200. The molecule has 3 aromatic carbocycles. The van der Waals surface area contributed by atoms with Crippen LogP contribution in [0.5, 0.6) is 0 Å². The molecule has 0 unspecified atom stereocenters. The van der Waals surface area contributed by atoms with E-state index in [1.165, 1.54) is 0 Å². The lowest BCUT2D eigenvalue weighted by Gasteiger charge is -2.19. The van der Waals surface area contributed by atoms with Crippen LogP contribution in [0.15, 0.2) is 78.9 Å². The Morgan fingerprint density at radius 1 is 0.812 bits per heavy atom. The van der Waals surface area contributed by atoms with Crippen molar-refractivity contribution in [2.45, 2.75) is 18.9 Å². The Morgan fingerprint density at radius 3 is 2.00 bits per heavy atom. The molecule has 7 heteroatoms. The summed E-state index contributed by atoms with van der Waals surface area (Å²) in [6.07, 6.45) is -0.675. The van der Waals surface area contributed by atoms with Crippen LogP contribution < -0.4 is 5.84 Å². The number of ether oxygens (including phenoxy) is 2. The number of nitrogens with two attached hydrogens (primary N) is 1. The Morgan fingerprint density at radius 2 is 1.38 bits per heavy atom. The van der Waals surface area contributed by atoms with Crippen LogP contribution in [0.4, 0.5) is 4.79 Å². The van der Waals surface area contributed by atoms with E-state index in [2.05, 4.69) is 24.3 Å². The molecule has 32 heavy (non-hydrogen) atoms. The van der Waals surface area contributed by atoms with Crippen LogP contribution in [0.3, 0.4) is 0 Å². The molecule has 4 rings (SSSR count). The van der Waals surface area contributed by atoms with Gasteiger partial charge in [0.15, 0.2) is 0 Å². The zero-order valence-electron chi connectivity index (χ0n) is 17.5. The lowest BCUT2D eigenvalue weighted by molar-refractivity contribution is -0.145. The van der Waals surface area contributed by atoms with Gasteiger partial charge in [0, 0.05) is 5.92 Å². The van der Waals surface area contributed by atoms with Crippen molar-refractivity contribution in [3.8, 4) is 11.1 Å². The van der Waals surface area contributed by atoms with Crippen LogP contribution in [0.2, 0.25) is 0 Å². The number of carbonyl (C=O) groups is 2. The van der Waals surface area contributed by atoms with Crippen LogP contribution in [-0.4, -0.2) is 30.2 Å². The minimum atomic E-state index is -0.669. The average molecular weight is 453 g/mol. The predicted molar refractivity (Wildman–Crippen MR) is 124 cm³/mol. The van der Waals surface area contributed by atoms with Crippen molar-refractivity contribution in [3.63, 3.8) is 0 Å².